The van der Waals surface area contributed by atoms with E-state index in [-0.39, 0.29) is 0 Å². The van der Waals surface area contributed by atoms with E-state index in [1.807, 2.05) is 49.4 Å². The summed E-state index contributed by atoms with van der Waals surface area (Å²) in [4.78, 5) is 0. The van der Waals surface area contributed by atoms with Gasteiger partial charge in [-0.25, -0.2) is 8.42 Å². The van der Waals surface area contributed by atoms with Crippen LogP contribution >= 0.6 is 0 Å². The molecule has 0 amide bonds. The number of aryl methyl sites for hydroxylation is 1. The number of ether oxygens (including phenoxy) is 1. The average molecular weight is 386 g/mol. The van der Waals surface area contributed by atoms with Gasteiger partial charge in [0.15, 0.2) is 0 Å². The van der Waals surface area contributed by atoms with E-state index in [9.17, 15) is 8.42 Å². The van der Waals surface area contributed by atoms with Crippen molar-refractivity contribution in [3.8, 4) is 0 Å². The van der Waals surface area contributed by atoms with Gasteiger partial charge < -0.3 is 4.74 Å². The van der Waals surface area contributed by atoms with Gasteiger partial charge in [0.25, 0.3) is 0 Å². The van der Waals surface area contributed by atoms with Gasteiger partial charge in [0.05, 0.1) is 6.61 Å². The van der Waals surface area contributed by atoms with Crippen molar-refractivity contribution in [2.75, 3.05) is 19.7 Å². The Morgan fingerprint density at radius 2 is 1.70 bits per heavy atom. The quantitative estimate of drug-likeness (QED) is 0.717. The van der Waals surface area contributed by atoms with E-state index in [4.69, 9.17) is 4.74 Å². The smallest absolute Gasteiger partial charge is 0.236 e. The van der Waals surface area contributed by atoms with E-state index in [1.54, 1.807) is 10.4 Å². The van der Waals surface area contributed by atoms with Crippen LogP contribution in [-0.4, -0.2) is 32.4 Å². The molecule has 0 N–H and O–H groups in total. The summed E-state index contributed by atoms with van der Waals surface area (Å²) < 4.78 is 32.5. The lowest BCUT2D eigenvalue weighted by Crippen LogP contribution is -2.38. The van der Waals surface area contributed by atoms with Crippen LogP contribution in [-0.2, 0) is 21.4 Å². The Morgan fingerprint density at radius 1 is 1.04 bits per heavy atom. The Kier molecular flexibility index (Phi) is 6.83. The fourth-order valence-corrected chi connectivity index (χ4v) is 4.40. The Hall–Kier alpha value is -1.95. The first kappa shape index (κ1) is 19.8. The summed E-state index contributed by atoms with van der Waals surface area (Å²) in [7, 11) is -3.37. The van der Waals surface area contributed by atoms with Crippen LogP contribution in [0.1, 0.15) is 29.5 Å². The van der Waals surface area contributed by atoms with Crippen LogP contribution in [0.5, 0.6) is 0 Å². The Labute approximate surface area is 162 Å². The molecule has 0 atom stereocenters. The lowest BCUT2D eigenvalue weighted by Gasteiger charge is -2.30. The first-order valence-electron chi connectivity index (χ1n) is 9.39. The number of hydrogen-bond acceptors (Lipinski definition) is 3. The molecule has 0 unspecified atom stereocenters. The highest BCUT2D eigenvalue weighted by molar-refractivity contribution is 7.92. The number of hydrogen-bond donors (Lipinski definition) is 0. The van der Waals surface area contributed by atoms with Crippen LogP contribution in [0.2, 0.25) is 0 Å². The number of nitrogens with zero attached hydrogens (tertiary/aromatic N) is 1. The van der Waals surface area contributed by atoms with Gasteiger partial charge in [0.2, 0.25) is 10.0 Å². The fraction of sp³-hybridized carbons (Fsp3) is 0.364. The lowest BCUT2D eigenvalue weighted by atomic mass is 9.99. The highest BCUT2D eigenvalue weighted by Gasteiger charge is 2.26. The number of piperidine rings is 1. The molecule has 144 valence electrons. The maximum Gasteiger partial charge on any atom is 0.236 e. The molecule has 4 nitrogen and oxygen atoms in total. The fourth-order valence-electron chi connectivity index (χ4n) is 3.18. The maximum absolute atomic E-state index is 12.5. The minimum absolute atomic E-state index is 0.418. The summed E-state index contributed by atoms with van der Waals surface area (Å²) in [5, 5.41) is 1.32. The molecule has 2 aromatic carbocycles. The van der Waals surface area contributed by atoms with Crippen LogP contribution in [0.4, 0.5) is 0 Å². The van der Waals surface area contributed by atoms with Crippen molar-refractivity contribution in [1.29, 1.82) is 0 Å². The minimum atomic E-state index is -3.37. The summed E-state index contributed by atoms with van der Waals surface area (Å²) in [5.41, 5.74) is 3.22. The van der Waals surface area contributed by atoms with Gasteiger partial charge >= 0.3 is 0 Å². The third-order valence-electron chi connectivity index (χ3n) is 4.91. The minimum Gasteiger partial charge on any atom is -0.376 e. The van der Waals surface area contributed by atoms with Gasteiger partial charge in [-0.1, -0.05) is 60.2 Å². The molecule has 0 saturated carbocycles. The maximum atomic E-state index is 12.5. The van der Waals surface area contributed by atoms with Crippen molar-refractivity contribution in [3.05, 3.63) is 76.7 Å². The van der Waals surface area contributed by atoms with Crippen LogP contribution in [0, 0.1) is 12.8 Å². The van der Waals surface area contributed by atoms with Gasteiger partial charge in [0, 0.05) is 25.1 Å². The molecule has 5 heteroatoms. The van der Waals surface area contributed by atoms with E-state index in [2.05, 4.69) is 12.1 Å². The molecule has 1 saturated heterocycles. The molecule has 1 heterocycles. The van der Waals surface area contributed by atoms with Crippen molar-refractivity contribution >= 4 is 16.1 Å². The molecular weight excluding hydrogens is 358 g/mol. The van der Waals surface area contributed by atoms with Crippen LogP contribution in [0.15, 0.2) is 60.0 Å². The third kappa shape index (κ3) is 6.03. The normalized spacial score (nSPS) is 16.8. The summed E-state index contributed by atoms with van der Waals surface area (Å²) in [5.74, 6) is 0.418. The Bertz CT molecular complexity index is 837. The van der Waals surface area contributed by atoms with Crippen molar-refractivity contribution in [3.63, 3.8) is 0 Å². The molecule has 0 bridgehead atoms. The van der Waals surface area contributed by atoms with E-state index in [0.717, 1.165) is 24.0 Å². The number of sulfonamides is 1. The van der Waals surface area contributed by atoms with Crippen molar-refractivity contribution in [2.45, 2.75) is 26.4 Å². The van der Waals surface area contributed by atoms with E-state index >= 15 is 0 Å². The number of rotatable bonds is 7. The number of benzene rings is 2. The van der Waals surface area contributed by atoms with E-state index in [1.165, 1.54) is 11.0 Å². The molecule has 2 aromatic rings. The highest BCUT2D eigenvalue weighted by Crippen LogP contribution is 2.21. The second kappa shape index (κ2) is 9.31. The third-order valence-corrected chi connectivity index (χ3v) is 6.47. The molecule has 0 radical (unpaired) electrons. The van der Waals surface area contributed by atoms with E-state index in [0.29, 0.717) is 32.2 Å². The van der Waals surface area contributed by atoms with Gasteiger partial charge in [0.1, 0.15) is 0 Å². The predicted octanol–water partition coefficient (Wildman–Crippen LogP) is 4.22. The van der Waals surface area contributed by atoms with Crippen molar-refractivity contribution in [1.82, 2.24) is 4.31 Å². The molecule has 1 fully saturated rings. The zero-order valence-corrected chi connectivity index (χ0v) is 16.6. The van der Waals surface area contributed by atoms with Gasteiger partial charge in [-0.3, -0.25) is 0 Å². The zero-order chi connectivity index (χ0) is 19.1. The second-order valence-electron chi connectivity index (χ2n) is 7.10. The molecule has 1 aliphatic heterocycles. The van der Waals surface area contributed by atoms with Gasteiger partial charge in [-0.2, -0.15) is 4.31 Å². The first-order valence-corrected chi connectivity index (χ1v) is 10.9. The topological polar surface area (TPSA) is 46.6 Å². The molecule has 0 spiro atoms. The summed E-state index contributed by atoms with van der Waals surface area (Å²) in [6, 6.07) is 17.9. The Morgan fingerprint density at radius 3 is 2.37 bits per heavy atom. The molecule has 0 aromatic heterocycles. The van der Waals surface area contributed by atoms with Crippen LogP contribution in [0.3, 0.4) is 0 Å². The Balaban J connectivity index is 1.45. The van der Waals surface area contributed by atoms with Crippen LogP contribution in [0.25, 0.3) is 6.08 Å². The van der Waals surface area contributed by atoms with Crippen molar-refractivity contribution in [2.24, 2.45) is 5.92 Å². The summed E-state index contributed by atoms with van der Waals surface area (Å²) in [6.07, 6.45) is 3.35. The first-order chi connectivity index (χ1) is 13.0. The van der Waals surface area contributed by atoms with Gasteiger partial charge in [-0.05, 0) is 42.9 Å². The van der Waals surface area contributed by atoms with E-state index < -0.39 is 10.0 Å². The monoisotopic (exact) mass is 385 g/mol. The average Bonchev–Trinajstić information content (AvgIpc) is 2.69. The molecule has 0 aliphatic carbocycles. The van der Waals surface area contributed by atoms with Gasteiger partial charge in [-0.15, -0.1) is 0 Å². The van der Waals surface area contributed by atoms with Crippen LogP contribution < -0.4 is 0 Å². The molecule has 1 aliphatic rings. The predicted molar refractivity (Wildman–Crippen MR) is 110 cm³/mol. The molecule has 3 rings (SSSR count). The largest absolute Gasteiger partial charge is 0.376 e. The SMILES string of the molecule is Cc1ccc(/C=C/S(=O)(=O)N2CCC(COCc3ccccc3)CC2)cc1. The highest BCUT2D eigenvalue weighted by atomic mass is 32.2. The zero-order valence-electron chi connectivity index (χ0n) is 15.8. The summed E-state index contributed by atoms with van der Waals surface area (Å²) >= 11 is 0. The summed E-state index contributed by atoms with van der Waals surface area (Å²) in [6.45, 7) is 4.42. The standard InChI is InChI=1S/C22H27NO3S/c1-19-7-9-20(10-8-19)13-16-27(24,25)23-14-11-22(12-15-23)18-26-17-21-5-3-2-4-6-21/h2-10,13,16,22H,11-12,14-15,17-18H2,1H3/b16-13+. The molecular formula is C22H27NO3S. The molecule has 27 heavy (non-hydrogen) atoms. The second-order valence-corrected chi connectivity index (χ2v) is 8.92. The van der Waals surface area contributed by atoms with Crippen molar-refractivity contribution < 1.29 is 13.2 Å². The lowest BCUT2D eigenvalue weighted by molar-refractivity contribution is 0.0689.